The van der Waals surface area contributed by atoms with E-state index >= 15 is 0 Å². The highest BCUT2D eigenvalue weighted by atomic mass is 32.2. The van der Waals surface area contributed by atoms with Gasteiger partial charge in [0.25, 0.3) is 0 Å². The van der Waals surface area contributed by atoms with E-state index in [1.165, 1.54) is 24.8 Å². The molecule has 0 bridgehead atoms. The second-order valence-corrected chi connectivity index (χ2v) is 6.90. The quantitative estimate of drug-likeness (QED) is 0.899. The Morgan fingerprint density at radius 2 is 2.11 bits per heavy atom. The predicted molar refractivity (Wildman–Crippen MR) is 81.6 cm³/mol. The van der Waals surface area contributed by atoms with E-state index in [4.69, 9.17) is 0 Å². The maximum Gasteiger partial charge on any atom is 0.0951 e. The Hall–Kier alpha value is -0.510. The van der Waals surface area contributed by atoms with Gasteiger partial charge in [0.15, 0.2) is 0 Å². The first-order valence-electron chi connectivity index (χ1n) is 7.32. The van der Waals surface area contributed by atoms with Crippen LogP contribution in [0.3, 0.4) is 0 Å². The highest BCUT2D eigenvalue weighted by Crippen LogP contribution is 2.35. The topological polar surface area (TPSA) is 23.5 Å². The summed E-state index contributed by atoms with van der Waals surface area (Å²) in [4.78, 5) is 2.54. The number of fused-ring (bicyclic) bond motifs is 1. The van der Waals surface area contributed by atoms with Gasteiger partial charge in [-0.2, -0.15) is 11.8 Å². The van der Waals surface area contributed by atoms with Gasteiger partial charge in [-0.3, -0.25) is 4.90 Å². The van der Waals surface area contributed by atoms with Gasteiger partial charge < -0.3 is 5.11 Å². The molecule has 2 nitrogen and oxygen atoms in total. The Balaban J connectivity index is 1.76. The van der Waals surface area contributed by atoms with Crippen molar-refractivity contribution in [3.8, 4) is 0 Å². The van der Waals surface area contributed by atoms with E-state index in [1.807, 2.05) is 17.8 Å². The first kappa shape index (κ1) is 13.5. The molecule has 104 valence electrons. The van der Waals surface area contributed by atoms with E-state index in [-0.39, 0.29) is 6.10 Å². The number of likely N-dealkylation sites (tertiary alicyclic amines) is 1. The van der Waals surface area contributed by atoms with Gasteiger partial charge in [0, 0.05) is 17.8 Å². The highest BCUT2D eigenvalue weighted by Gasteiger charge is 2.35. The summed E-state index contributed by atoms with van der Waals surface area (Å²) in [6.07, 6.45) is 6.87. The molecule has 3 atom stereocenters. The second-order valence-electron chi connectivity index (χ2n) is 5.76. The summed E-state index contributed by atoms with van der Waals surface area (Å²) in [7, 11) is 0. The summed E-state index contributed by atoms with van der Waals surface area (Å²) < 4.78 is 0. The summed E-state index contributed by atoms with van der Waals surface area (Å²) in [5, 5.41) is 11.3. The van der Waals surface area contributed by atoms with Gasteiger partial charge in [0.2, 0.25) is 0 Å². The number of hydrogen-bond acceptors (Lipinski definition) is 3. The molecule has 1 heterocycles. The minimum atomic E-state index is -0.295. The molecule has 0 aromatic heterocycles. The summed E-state index contributed by atoms with van der Waals surface area (Å²) >= 11 is 1.98. The molecule has 2 aliphatic rings. The third kappa shape index (κ3) is 2.69. The molecular formula is C16H23NOS. The van der Waals surface area contributed by atoms with Crippen molar-refractivity contribution in [3.63, 3.8) is 0 Å². The summed E-state index contributed by atoms with van der Waals surface area (Å²) in [6, 6.07) is 8.68. The molecule has 1 N–H and O–H groups in total. The van der Waals surface area contributed by atoms with Crippen LogP contribution in [-0.2, 0) is 6.42 Å². The summed E-state index contributed by atoms with van der Waals surface area (Å²) in [6.45, 7) is 2.28. The molecule has 19 heavy (non-hydrogen) atoms. The van der Waals surface area contributed by atoms with Crippen molar-refractivity contribution in [1.29, 1.82) is 0 Å². The number of benzene rings is 1. The Bertz CT molecular complexity index is 437. The lowest BCUT2D eigenvalue weighted by atomic mass is 10.1. The molecule has 1 fully saturated rings. The molecule has 1 aliphatic carbocycles. The average Bonchev–Trinajstić information content (AvgIpc) is 2.64. The molecule has 1 aromatic rings. The molecule has 0 radical (unpaired) electrons. The van der Waals surface area contributed by atoms with E-state index in [0.29, 0.717) is 6.04 Å². The maximum atomic E-state index is 10.6. The Kier molecular flexibility index (Phi) is 4.15. The van der Waals surface area contributed by atoms with Crippen LogP contribution in [0.4, 0.5) is 0 Å². The lowest BCUT2D eigenvalue weighted by Crippen LogP contribution is -2.41. The zero-order chi connectivity index (χ0) is 13.2. The van der Waals surface area contributed by atoms with Gasteiger partial charge in [-0.25, -0.2) is 0 Å². The second kappa shape index (κ2) is 5.86. The van der Waals surface area contributed by atoms with Gasteiger partial charge in [0.1, 0.15) is 0 Å². The first-order valence-corrected chi connectivity index (χ1v) is 8.61. The SMILES string of the molecule is CSC1CCCCN(C2Cc3ccccc3C2O)C1. The number of nitrogens with zero attached hydrogens (tertiary/aromatic N) is 1. The minimum Gasteiger partial charge on any atom is -0.387 e. The molecule has 1 saturated heterocycles. The molecule has 1 aliphatic heterocycles. The molecule has 0 saturated carbocycles. The molecule has 3 unspecified atom stereocenters. The van der Waals surface area contributed by atoms with E-state index in [0.717, 1.165) is 30.3 Å². The van der Waals surface area contributed by atoms with Crippen molar-refractivity contribution in [2.75, 3.05) is 19.3 Å². The fourth-order valence-corrected chi connectivity index (χ4v) is 4.25. The summed E-state index contributed by atoms with van der Waals surface area (Å²) in [5.74, 6) is 0. The number of aliphatic hydroxyl groups excluding tert-OH is 1. The molecule has 3 rings (SSSR count). The van der Waals surface area contributed by atoms with Gasteiger partial charge in [-0.15, -0.1) is 0 Å². The fraction of sp³-hybridized carbons (Fsp3) is 0.625. The zero-order valence-electron chi connectivity index (χ0n) is 11.6. The van der Waals surface area contributed by atoms with Crippen LogP contribution < -0.4 is 0 Å². The first-order chi connectivity index (χ1) is 9.29. The monoisotopic (exact) mass is 277 g/mol. The Morgan fingerprint density at radius 3 is 2.89 bits per heavy atom. The van der Waals surface area contributed by atoms with Crippen molar-refractivity contribution in [2.45, 2.75) is 43.1 Å². The molecule has 3 heteroatoms. The molecule has 1 aromatic carbocycles. The Morgan fingerprint density at radius 1 is 1.26 bits per heavy atom. The average molecular weight is 277 g/mol. The van der Waals surface area contributed by atoms with Gasteiger partial charge in [0.05, 0.1) is 6.10 Å². The summed E-state index contributed by atoms with van der Waals surface area (Å²) in [5.41, 5.74) is 2.49. The normalized spacial score (nSPS) is 32.0. The van der Waals surface area contributed by atoms with Crippen LogP contribution in [-0.4, -0.2) is 40.6 Å². The van der Waals surface area contributed by atoms with Gasteiger partial charge in [-0.1, -0.05) is 30.7 Å². The number of rotatable bonds is 2. The van der Waals surface area contributed by atoms with E-state index in [1.54, 1.807) is 0 Å². The lowest BCUT2D eigenvalue weighted by Gasteiger charge is -2.31. The van der Waals surface area contributed by atoms with Crippen LogP contribution in [0.5, 0.6) is 0 Å². The van der Waals surface area contributed by atoms with E-state index in [2.05, 4.69) is 29.4 Å². The number of hydrogen-bond donors (Lipinski definition) is 1. The van der Waals surface area contributed by atoms with Crippen molar-refractivity contribution < 1.29 is 5.11 Å². The standard InChI is InChI=1S/C16H23NOS/c1-19-13-7-4-5-9-17(11-13)15-10-12-6-2-3-8-14(12)16(15)18/h2-3,6,8,13,15-16,18H,4-5,7,9-11H2,1H3. The van der Waals surface area contributed by atoms with Crippen molar-refractivity contribution in [1.82, 2.24) is 4.90 Å². The predicted octanol–water partition coefficient (Wildman–Crippen LogP) is 2.86. The van der Waals surface area contributed by atoms with Crippen LogP contribution in [0.1, 0.15) is 36.5 Å². The van der Waals surface area contributed by atoms with E-state index in [9.17, 15) is 5.11 Å². The fourth-order valence-electron chi connectivity index (χ4n) is 3.51. The third-order valence-electron chi connectivity index (χ3n) is 4.63. The van der Waals surface area contributed by atoms with Gasteiger partial charge >= 0.3 is 0 Å². The van der Waals surface area contributed by atoms with Crippen LogP contribution in [0.25, 0.3) is 0 Å². The number of aliphatic hydroxyl groups is 1. The minimum absolute atomic E-state index is 0.295. The van der Waals surface area contributed by atoms with Crippen LogP contribution >= 0.6 is 11.8 Å². The number of thioether (sulfide) groups is 1. The molecule has 0 amide bonds. The van der Waals surface area contributed by atoms with Crippen molar-refractivity contribution in [2.24, 2.45) is 0 Å². The van der Waals surface area contributed by atoms with Crippen LogP contribution in [0.15, 0.2) is 24.3 Å². The Labute approximate surface area is 120 Å². The third-order valence-corrected chi connectivity index (χ3v) is 5.68. The smallest absolute Gasteiger partial charge is 0.0951 e. The maximum absolute atomic E-state index is 10.6. The van der Waals surface area contributed by atoms with Crippen molar-refractivity contribution >= 4 is 11.8 Å². The molecule has 0 spiro atoms. The zero-order valence-corrected chi connectivity index (χ0v) is 12.4. The molecular weight excluding hydrogens is 254 g/mol. The largest absolute Gasteiger partial charge is 0.387 e. The van der Waals surface area contributed by atoms with Crippen molar-refractivity contribution in [3.05, 3.63) is 35.4 Å². The highest BCUT2D eigenvalue weighted by molar-refractivity contribution is 7.99. The van der Waals surface area contributed by atoms with Crippen LogP contribution in [0.2, 0.25) is 0 Å². The van der Waals surface area contributed by atoms with E-state index < -0.39 is 0 Å². The lowest BCUT2D eigenvalue weighted by molar-refractivity contribution is 0.0634. The van der Waals surface area contributed by atoms with Gasteiger partial charge in [-0.05, 0) is 43.2 Å². The van der Waals surface area contributed by atoms with Crippen LogP contribution in [0, 0.1) is 0 Å².